The van der Waals surface area contributed by atoms with Crippen LogP contribution in [-0.4, -0.2) is 21.5 Å². The molecule has 1 aliphatic heterocycles. The summed E-state index contributed by atoms with van der Waals surface area (Å²) in [6.07, 6.45) is -1.85. The molecule has 1 amide bonds. The molecule has 6 nitrogen and oxygen atoms in total. The number of thiocarbonyl (C=S) groups is 1. The van der Waals surface area contributed by atoms with Crippen molar-refractivity contribution in [2.24, 2.45) is 5.14 Å². The summed E-state index contributed by atoms with van der Waals surface area (Å²) in [4.78, 5) is 20.6. The van der Waals surface area contributed by atoms with Crippen LogP contribution in [0.3, 0.4) is 0 Å². The lowest BCUT2D eigenvalue weighted by atomic mass is 9.75. The Labute approximate surface area is 179 Å². The number of rotatable bonds is 3. The van der Waals surface area contributed by atoms with Crippen LogP contribution in [0.1, 0.15) is 30.5 Å². The first-order chi connectivity index (χ1) is 14.2. The topological polar surface area (TPSA) is 86.2 Å². The van der Waals surface area contributed by atoms with Crippen molar-refractivity contribution in [3.8, 4) is 6.07 Å². The van der Waals surface area contributed by atoms with E-state index in [9.17, 15) is 18.0 Å². The number of nitrogens with zero attached hydrogens (tertiary/aromatic N) is 4. The Balaban J connectivity index is 1.80. The average molecular weight is 449 g/mol. The molecule has 1 aliphatic carbocycles. The molecule has 1 spiro atoms. The van der Waals surface area contributed by atoms with Crippen molar-refractivity contribution in [2.45, 2.75) is 35.9 Å². The number of amides is 1. The second kappa shape index (κ2) is 7.23. The van der Waals surface area contributed by atoms with Crippen molar-refractivity contribution in [3.63, 3.8) is 0 Å². The second-order valence-corrected chi connectivity index (χ2v) is 8.03. The molecule has 30 heavy (non-hydrogen) atoms. The fourth-order valence-electron chi connectivity index (χ4n) is 3.76. The lowest BCUT2D eigenvalue weighted by molar-refractivity contribution is -0.138. The van der Waals surface area contributed by atoms with Crippen LogP contribution in [0.25, 0.3) is 0 Å². The number of carbonyl (C=O) groups is 1. The van der Waals surface area contributed by atoms with Crippen LogP contribution >= 0.6 is 24.2 Å². The molecule has 0 bridgehead atoms. The summed E-state index contributed by atoms with van der Waals surface area (Å²) in [6.45, 7) is 0. The van der Waals surface area contributed by atoms with E-state index in [1.807, 2.05) is 0 Å². The van der Waals surface area contributed by atoms with Gasteiger partial charge in [0.15, 0.2) is 10.8 Å². The van der Waals surface area contributed by atoms with Gasteiger partial charge in [-0.2, -0.15) is 18.4 Å². The van der Waals surface area contributed by atoms with Gasteiger partial charge in [-0.3, -0.25) is 14.8 Å². The van der Waals surface area contributed by atoms with Crippen LogP contribution < -0.4 is 14.9 Å². The number of aromatic nitrogens is 1. The molecule has 4 rings (SSSR count). The summed E-state index contributed by atoms with van der Waals surface area (Å²) < 4.78 is 40.2. The van der Waals surface area contributed by atoms with Gasteiger partial charge in [-0.15, -0.1) is 0 Å². The van der Waals surface area contributed by atoms with Crippen LogP contribution in [0.15, 0.2) is 41.4 Å². The van der Waals surface area contributed by atoms with Gasteiger partial charge in [0, 0.05) is 10.6 Å². The number of benzene rings is 1. The molecule has 11 heteroatoms. The molecule has 0 radical (unpaired) electrons. The Kier molecular flexibility index (Phi) is 4.96. The summed E-state index contributed by atoms with van der Waals surface area (Å²) in [5.74, 6) is -0.393. The van der Waals surface area contributed by atoms with E-state index >= 15 is 0 Å². The number of hydrogen-bond acceptors (Lipinski definition) is 6. The van der Waals surface area contributed by atoms with Crippen LogP contribution in [0.5, 0.6) is 0 Å². The molecule has 154 valence electrons. The van der Waals surface area contributed by atoms with Gasteiger partial charge in [-0.25, -0.2) is 4.98 Å². The molecule has 2 fully saturated rings. The van der Waals surface area contributed by atoms with Crippen molar-refractivity contribution in [3.05, 3.63) is 47.8 Å². The highest BCUT2D eigenvalue weighted by molar-refractivity contribution is 7.97. The summed E-state index contributed by atoms with van der Waals surface area (Å²) in [7, 11) is 0. The van der Waals surface area contributed by atoms with Crippen molar-refractivity contribution in [1.29, 1.82) is 5.26 Å². The van der Waals surface area contributed by atoms with Crippen LogP contribution in [-0.2, 0) is 11.0 Å². The second-order valence-electron chi connectivity index (χ2n) is 6.95. The molecular weight excluding hydrogens is 435 g/mol. The van der Waals surface area contributed by atoms with Gasteiger partial charge in [0.05, 0.1) is 17.4 Å². The maximum absolute atomic E-state index is 13.4. The lowest BCUT2D eigenvalue weighted by Gasteiger charge is -2.43. The van der Waals surface area contributed by atoms with E-state index in [0.29, 0.717) is 18.5 Å². The predicted molar refractivity (Wildman–Crippen MR) is 110 cm³/mol. The van der Waals surface area contributed by atoms with Crippen LogP contribution in [0.2, 0.25) is 0 Å². The number of carbonyl (C=O) groups excluding carboxylic acids is 1. The summed E-state index contributed by atoms with van der Waals surface area (Å²) in [5.41, 5.74) is -2.34. The van der Waals surface area contributed by atoms with Crippen molar-refractivity contribution in [2.75, 3.05) is 9.80 Å². The first-order valence-electron chi connectivity index (χ1n) is 8.86. The minimum atomic E-state index is -4.79. The van der Waals surface area contributed by atoms with E-state index in [0.717, 1.165) is 40.4 Å². The summed E-state index contributed by atoms with van der Waals surface area (Å²) in [5, 5.41) is 14.6. The molecule has 2 heterocycles. The van der Waals surface area contributed by atoms with Gasteiger partial charge in [0.25, 0.3) is 5.91 Å². The SMILES string of the molecule is N#Cc1ncc(N2C(=O)C3(CCC3)N(c3ccc(SN)cc3)C2=S)cc1C(F)(F)F. The number of pyridine rings is 1. The zero-order valence-electron chi connectivity index (χ0n) is 15.3. The van der Waals surface area contributed by atoms with Crippen molar-refractivity contribution >= 4 is 46.6 Å². The van der Waals surface area contributed by atoms with E-state index in [-0.39, 0.29) is 10.8 Å². The minimum absolute atomic E-state index is 0.0764. The van der Waals surface area contributed by atoms with Crippen molar-refractivity contribution < 1.29 is 18.0 Å². The van der Waals surface area contributed by atoms with E-state index in [2.05, 4.69) is 4.98 Å². The van der Waals surface area contributed by atoms with Gasteiger partial charge in [0.1, 0.15) is 11.6 Å². The van der Waals surface area contributed by atoms with E-state index in [1.54, 1.807) is 29.2 Å². The molecule has 2 N–H and O–H groups in total. The van der Waals surface area contributed by atoms with Crippen LogP contribution in [0, 0.1) is 11.3 Å². The zero-order valence-corrected chi connectivity index (χ0v) is 16.9. The van der Waals surface area contributed by atoms with E-state index < -0.39 is 28.9 Å². The quantitative estimate of drug-likeness (QED) is 0.560. The summed E-state index contributed by atoms with van der Waals surface area (Å²) >= 11 is 6.61. The first kappa shape index (κ1) is 20.6. The third-order valence-electron chi connectivity index (χ3n) is 5.37. The van der Waals surface area contributed by atoms with Gasteiger partial charge >= 0.3 is 6.18 Å². The maximum Gasteiger partial charge on any atom is 0.419 e. The molecule has 2 aromatic rings. The normalized spacial score (nSPS) is 18.0. The van der Waals surface area contributed by atoms with Gasteiger partial charge < -0.3 is 4.90 Å². The first-order valence-corrected chi connectivity index (χ1v) is 10.1. The number of nitrogens with two attached hydrogens (primary N) is 1. The predicted octanol–water partition coefficient (Wildman–Crippen LogP) is 4.00. The Morgan fingerprint density at radius 3 is 2.40 bits per heavy atom. The molecule has 1 saturated carbocycles. The molecule has 1 aromatic carbocycles. The average Bonchev–Trinajstić information content (AvgIpc) is 2.93. The third-order valence-corrected chi connectivity index (χ3v) is 6.28. The molecule has 1 saturated heterocycles. The third kappa shape index (κ3) is 3.03. The summed E-state index contributed by atoms with van der Waals surface area (Å²) in [6, 6.07) is 9.30. The highest BCUT2D eigenvalue weighted by Gasteiger charge is 2.59. The van der Waals surface area contributed by atoms with E-state index in [1.165, 1.54) is 6.07 Å². The van der Waals surface area contributed by atoms with Gasteiger partial charge in [-0.05, 0) is 73.8 Å². The van der Waals surface area contributed by atoms with Crippen LogP contribution in [0.4, 0.5) is 24.5 Å². The lowest BCUT2D eigenvalue weighted by Crippen LogP contribution is -2.55. The van der Waals surface area contributed by atoms with E-state index in [4.69, 9.17) is 22.6 Å². The minimum Gasteiger partial charge on any atom is -0.303 e. The Morgan fingerprint density at radius 2 is 1.90 bits per heavy atom. The molecule has 1 aromatic heterocycles. The molecule has 2 aliphatic rings. The number of hydrogen-bond donors (Lipinski definition) is 1. The smallest absolute Gasteiger partial charge is 0.303 e. The van der Waals surface area contributed by atoms with Gasteiger partial charge in [0.2, 0.25) is 0 Å². The molecule has 0 unspecified atom stereocenters. The highest BCUT2D eigenvalue weighted by atomic mass is 32.2. The zero-order chi connectivity index (χ0) is 21.7. The Morgan fingerprint density at radius 1 is 1.23 bits per heavy atom. The Bertz CT molecular complexity index is 1080. The number of alkyl halides is 3. The largest absolute Gasteiger partial charge is 0.419 e. The number of halogens is 3. The fraction of sp³-hybridized carbons (Fsp3) is 0.263. The monoisotopic (exact) mass is 449 g/mol. The standard InChI is InChI=1S/C19H14F3N5OS2/c20-19(21,22)14-8-12(10-25-15(14)9-23)26-16(28)18(6-1-7-18)27(17(26)29)11-2-4-13(30-24)5-3-11/h2-5,8,10H,1,6-7,24H2. The molecular formula is C19H14F3N5OS2. The Hall–Kier alpha value is -2.68. The maximum atomic E-state index is 13.4. The number of anilines is 2. The van der Waals surface area contributed by atoms with Crippen molar-refractivity contribution in [1.82, 2.24) is 4.98 Å². The van der Waals surface area contributed by atoms with Gasteiger partial charge in [-0.1, -0.05) is 0 Å². The number of nitriles is 1. The fourth-order valence-corrected chi connectivity index (χ4v) is 4.52. The molecule has 0 atom stereocenters. The highest BCUT2D eigenvalue weighted by Crippen LogP contribution is 2.48.